The predicted octanol–water partition coefficient (Wildman–Crippen LogP) is 2.74. The second-order valence-electron chi connectivity index (χ2n) is 6.54. The number of nitrogens with one attached hydrogen (secondary N) is 1. The highest BCUT2D eigenvalue weighted by molar-refractivity contribution is 6.03. The molecular formula is C20H27N5O. The minimum absolute atomic E-state index is 0.190. The average molecular weight is 353 g/mol. The van der Waals surface area contributed by atoms with Crippen LogP contribution < -0.4 is 10.2 Å². The van der Waals surface area contributed by atoms with Crippen molar-refractivity contribution in [2.24, 2.45) is 0 Å². The Morgan fingerprint density at radius 3 is 2.54 bits per heavy atom. The van der Waals surface area contributed by atoms with Gasteiger partial charge < -0.3 is 15.1 Å². The minimum Gasteiger partial charge on any atom is -0.354 e. The summed E-state index contributed by atoms with van der Waals surface area (Å²) in [5, 5.41) is 3.00. The third-order valence-corrected chi connectivity index (χ3v) is 4.85. The molecule has 26 heavy (non-hydrogen) atoms. The van der Waals surface area contributed by atoms with E-state index in [2.05, 4.69) is 38.9 Å². The van der Waals surface area contributed by atoms with Gasteiger partial charge in [-0.2, -0.15) is 0 Å². The van der Waals surface area contributed by atoms with Gasteiger partial charge in [0.2, 0.25) is 0 Å². The van der Waals surface area contributed by atoms with Gasteiger partial charge >= 0.3 is 0 Å². The number of rotatable bonds is 5. The number of carbonyl (C=O) groups is 1. The number of hydrogen-bond donors (Lipinski definition) is 1. The third-order valence-electron chi connectivity index (χ3n) is 4.85. The molecule has 0 unspecified atom stereocenters. The molecule has 3 rings (SSSR count). The van der Waals surface area contributed by atoms with Gasteiger partial charge in [0.05, 0.1) is 0 Å². The Morgan fingerprint density at radius 2 is 1.85 bits per heavy atom. The maximum Gasteiger partial charge on any atom is 0.274 e. The van der Waals surface area contributed by atoms with Crippen molar-refractivity contribution in [3.63, 3.8) is 0 Å². The van der Waals surface area contributed by atoms with E-state index in [0.717, 1.165) is 56.2 Å². The summed E-state index contributed by atoms with van der Waals surface area (Å²) in [5.41, 5.74) is 2.37. The molecule has 138 valence electrons. The first kappa shape index (κ1) is 18.3. The summed E-state index contributed by atoms with van der Waals surface area (Å²) in [7, 11) is 0. The zero-order chi connectivity index (χ0) is 18.5. The summed E-state index contributed by atoms with van der Waals surface area (Å²) in [6.45, 7) is 11.0. The summed E-state index contributed by atoms with van der Waals surface area (Å²) in [6, 6.07) is 9.67. The lowest BCUT2D eigenvalue weighted by Crippen LogP contribution is -2.46. The van der Waals surface area contributed by atoms with Crippen molar-refractivity contribution < 1.29 is 4.79 Å². The van der Waals surface area contributed by atoms with E-state index in [1.807, 2.05) is 31.2 Å². The number of hydrogen-bond acceptors (Lipinski definition) is 5. The topological polar surface area (TPSA) is 61.4 Å². The third kappa shape index (κ3) is 4.19. The van der Waals surface area contributed by atoms with Gasteiger partial charge in [0.1, 0.15) is 17.3 Å². The van der Waals surface area contributed by atoms with Gasteiger partial charge in [-0.15, -0.1) is 0 Å². The fourth-order valence-corrected chi connectivity index (χ4v) is 3.26. The van der Waals surface area contributed by atoms with Crippen LogP contribution in [0.5, 0.6) is 0 Å². The second-order valence-corrected chi connectivity index (χ2v) is 6.54. The lowest BCUT2D eigenvalue weighted by Gasteiger charge is -2.34. The van der Waals surface area contributed by atoms with E-state index in [0.29, 0.717) is 11.5 Å². The van der Waals surface area contributed by atoms with Crippen molar-refractivity contribution in [3.05, 3.63) is 47.4 Å². The molecule has 0 saturated carbocycles. The molecule has 0 atom stereocenters. The van der Waals surface area contributed by atoms with Crippen molar-refractivity contribution >= 4 is 17.4 Å². The summed E-state index contributed by atoms with van der Waals surface area (Å²) in [6.07, 6.45) is 0.867. The molecule has 1 aliphatic rings. The summed E-state index contributed by atoms with van der Waals surface area (Å²) in [5.74, 6) is 1.27. The number of aromatic nitrogens is 2. The zero-order valence-corrected chi connectivity index (χ0v) is 15.8. The number of nitrogens with zero attached hydrogens (tertiary/aromatic N) is 4. The van der Waals surface area contributed by atoms with Gasteiger partial charge in [-0.25, -0.2) is 9.97 Å². The lowest BCUT2D eigenvalue weighted by atomic mass is 10.1. The molecule has 1 aliphatic heterocycles. The maximum absolute atomic E-state index is 12.7. The van der Waals surface area contributed by atoms with E-state index in [1.54, 1.807) is 6.07 Å². The highest BCUT2D eigenvalue weighted by atomic mass is 16.1. The number of likely N-dealkylation sites (N-methyl/N-ethyl adjacent to an activating group) is 1. The van der Waals surface area contributed by atoms with Crippen LogP contribution >= 0.6 is 0 Å². The molecule has 1 aromatic heterocycles. The van der Waals surface area contributed by atoms with Gasteiger partial charge in [0.15, 0.2) is 0 Å². The van der Waals surface area contributed by atoms with E-state index in [1.165, 1.54) is 0 Å². The van der Waals surface area contributed by atoms with Crippen LogP contribution in [0.1, 0.15) is 35.7 Å². The van der Waals surface area contributed by atoms with Crippen molar-refractivity contribution in [2.45, 2.75) is 27.2 Å². The van der Waals surface area contributed by atoms with E-state index in [9.17, 15) is 4.79 Å². The molecular weight excluding hydrogens is 326 g/mol. The van der Waals surface area contributed by atoms with Crippen LogP contribution in [0.25, 0.3) is 0 Å². The number of benzene rings is 1. The number of amides is 1. The summed E-state index contributed by atoms with van der Waals surface area (Å²) in [4.78, 5) is 26.3. The zero-order valence-electron chi connectivity index (χ0n) is 15.8. The Hall–Kier alpha value is -2.47. The number of anilines is 2. The smallest absolute Gasteiger partial charge is 0.274 e. The van der Waals surface area contributed by atoms with Gasteiger partial charge in [0.25, 0.3) is 5.91 Å². The number of aryl methyl sites for hydroxylation is 2. The summed E-state index contributed by atoms with van der Waals surface area (Å²) >= 11 is 0. The monoisotopic (exact) mass is 353 g/mol. The first-order valence-electron chi connectivity index (χ1n) is 9.33. The fourth-order valence-electron chi connectivity index (χ4n) is 3.26. The number of piperazine rings is 1. The normalized spacial score (nSPS) is 15.1. The first-order chi connectivity index (χ1) is 12.6. The first-order valence-corrected chi connectivity index (χ1v) is 9.33. The Kier molecular flexibility index (Phi) is 5.83. The Labute approximate surface area is 155 Å². The highest BCUT2D eigenvalue weighted by Gasteiger charge is 2.19. The highest BCUT2D eigenvalue weighted by Crippen LogP contribution is 2.19. The molecule has 0 aliphatic carbocycles. The molecule has 0 spiro atoms. The SMILES string of the molecule is CCc1ccccc1NC(=O)c1cc(N2CCN(CC)CC2)nc(C)n1. The van der Waals surface area contributed by atoms with E-state index >= 15 is 0 Å². The summed E-state index contributed by atoms with van der Waals surface area (Å²) < 4.78 is 0. The van der Waals surface area contributed by atoms with Gasteiger partial charge in [-0.3, -0.25) is 4.79 Å². The predicted molar refractivity (Wildman–Crippen MR) is 105 cm³/mol. The Morgan fingerprint density at radius 1 is 1.12 bits per heavy atom. The molecule has 2 aromatic rings. The van der Waals surface area contributed by atoms with Crippen molar-refractivity contribution in [2.75, 3.05) is 42.9 Å². The quantitative estimate of drug-likeness (QED) is 0.896. The van der Waals surface area contributed by atoms with Crippen molar-refractivity contribution in [3.8, 4) is 0 Å². The fraction of sp³-hybridized carbons (Fsp3) is 0.450. The molecule has 1 fully saturated rings. The molecule has 6 nitrogen and oxygen atoms in total. The van der Waals surface area contributed by atoms with Crippen LogP contribution in [0.2, 0.25) is 0 Å². The Balaban J connectivity index is 1.78. The van der Waals surface area contributed by atoms with Crippen LogP contribution in [-0.4, -0.2) is 53.5 Å². The molecule has 2 heterocycles. The van der Waals surface area contributed by atoms with Crippen LogP contribution in [0.4, 0.5) is 11.5 Å². The van der Waals surface area contributed by atoms with Crippen molar-refractivity contribution in [1.82, 2.24) is 14.9 Å². The second kappa shape index (κ2) is 8.27. The minimum atomic E-state index is -0.190. The van der Waals surface area contributed by atoms with Crippen LogP contribution in [0.3, 0.4) is 0 Å². The van der Waals surface area contributed by atoms with Crippen LogP contribution in [-0.2, 0) is 6.42 Å². The van der Waals surface area contributed by atoms with Gasteiger partial charge in [-0.05, 0) is 31.5 Å². The molecule has 1 saturated heterocycles. The lowest BCUT2D eigenvalue weighted by molar-refractivity contribution is 0.102. The molecule has 1 amide bonds. The number of para-hydroxylation sites is 1. The molecule has 0 bridgehead atoms. The van der Waals surface area contributed by atoms with E-state index in [4.69, 9.17) is 0 Å². The number of carbonyl (C=O) groups excluding carboxylic acids is 1. The standard InChI is InChI=1S/C20H27N5O/c1-4-16-8-6-7-9-17(16)23-20(26)18-14-19(22-15(3)21-18)25-12-10-24(5-2)11-13-25/h6-9,14H,4-5,10-13H2,1-3H3,(H,23,26). The van der Waals surface area contributed by atoms with Crippen molar-refractivity contribution in [1.29, 1.82) is 0 Å². The molecule has 0 radical (unpaired) electrons. The molecule has 1 N–H and O–H groups in total. The Bertz CT molecular complexity index is 769. The maximum atomic E-state index is 12.7. The van der Waals surface area contributed by atoms with Crippen LogP contribution in [0, 0.1) is 6.92 Å². The van der Waals surface area contributed by atoms with Gasteiger partial charge in [-0.1, -0.05) is 32.0 Å². The van der Waals surface area contributed by atoms with E-state index in [-0.39, 0.29) is 5.91 Å². The van der Waals surface area contributed by atoms with E-state index < -0.39 is 0 Å². The average Bonchev–Trinajstić information content (AvgIpc) is 2.68. The molecule has 1 aromatic carbocycles. The largest absolute Gasteiger partial charge is 0.354 e. The van der Waals surface area contributed by atoms with Gasteiger partial charge in [0, 0.05) is 37.9 Å². The van der Waals surface area contributed by atoms with Crippen LogP contribution in [0.15, 0.2) is 30.3 Å². The molecule has 6 heteroatoms.